The van der Waals surface area contributed by atoms with Crippen LogP contribution in [0.15, 0.2) is 91.0 Å². The molecule has 0 spiro atoms. The molecule has 0 radical (unpaired) electrons. The van der Waals surface area contributed by atoms with Gasteiger partial charge in [0, 0.05) is 0 Å². The van der Waals surface area contributed by atoms with Crippen molar-refractivity contribution in [3.05, 3.63) is 102 Å². The van der Waals surface area contributed by atoms with E-state index in [2.05, 4.69) is 112 Å². The molecule has 26 heavy (non-hydrogen) atoms. The van der Waals surface area contributed by atoms with Crippen molar-refractivity contribution in [1.29, 1.82) is 0 Å². The molecule has 3 rings (SSSR count). The van der Waals surface area contributed by atoms with E-state index >= 15 is 0 Å². The van der Waals surface area contributed by atoms with Crippen LogP contribution < -0.4 is 5.30 Å². The van der Waals surface area contributed by atoms with Crippen LogP contribution in [-0.4, -0.2) is 19.7 Å². The van der Waals surface area contributed by atoms with Crippen LogP contribution >= 0.6 is 4.73 Å². The van der Waals surface area contributed by atoms with Crippen molar-refractivity contribution in [1.82, 2.24) is 0 Å². The minimum atomic E-state index is -1.75. The molecule has 0 N–H and O–H groups in total. The monoisotopic (exact) mass is 444 g/mol. The normalized spacial score (nSPS) is 14.2. The fraction of sp³-hybridized carbons (Fsp3) is 0.217. The molecule has 0 aromatic heterocycles. The van der Waals surface area contributed by atoms with E-state index in [4.69, 9.17) is 11.8 Å². The Labute approximate surface area is 168 Å². The summed E-state index contributed by atoms with van der Waals surface area (Å²) in [6.07, 6.45) is 0. The van der Waals surface area contributed by atoms with E-state index in [-0.39, 0.29) is 19.7 Å². The Kier molecular flexibility index (Phi) is 6.21. The van der Waals surface area contributed by atoms with Crippen LogP contribution in [-0.2, 0) is 11.8 Å². The molecule has 0 saturated heterocycles. The second-order valence-electron chi connectivity index (χ2n) is 7.36. The van der Waals surface area contributed by atoms with E-state index in [0.717, 1.165) is 0 Å². The molecule has 0 amide bonds. The summed E-state index contributed by atoms with van der Waals surface area (Å²) in [5.74, 6) is 0. The zero-order valence-corrected chi connectivity index (χ0v) is 18.9. The molecule has 0 saturated carbocycles. The van der Waals surface area contributed by atoms with Gasteiger partial charge in [0.15, 0.2) is 0 Å². The van der Waals surface area contributed by atoms with Crippen molar-refractivity contribution < 1.29 is 0 Å². The third-order valence-corrected chi connectivity index (χ3v) is 20.4. The Balaban J connectivity index is 2.11. The van der Waals surface area contributed by atoms with Gasteiger partial charge in [0.2, 0.25) is 0 Å². The zero-order chi connectivity index (χ0) is 18.6. The Morgan fingerprint density at radius 1 is 0.692 bits per heavy atom. The molecule has 0 heterocycles. The molecule has 0 bridgehead atoms. The summed E-state index contributed by atoms with van der Waals surface area (Å²) in [5.41, 5.74) is 2.77. The first kappa shape index (κ1) is 19.6. The van der Waals surface area contributed by atoms with Gasteiger partial charge in [0.25, 0.3) is 0 Å². The van der Waals surface area contributed by atoms with Crippen LogP contribution in [0.25, 0.3) is 0 Å². The molecule has 0 aliphatic heterocycles. The molecule has 0 nitrogen and oxygen atoms in total. The van der Waals surface area contributed by atoms with E-state index in [1.807, 2.05) is 0 Å². The topological polar surface area (TPSA) is 0 Å². The third kappa shape index (κ3) is 4.21. The van der Waals surface area contributed by atoms with Gasteiger partial charge in [0.1, 0.15) is 0 Å². The third-order valence-electron chi connectivity index (χ3n) is 4.44. The molecule has 0 fully saturated rings. The van der Waals surface area contributed by atoms with Crippen LogP contribution in [0.3, 0.4) is 0 Å². The Hall–Kier alpha value is -1.17. The van der Waals surface area contributed by atoms with Crippen LogP contribution in [0.4, 0.5) is 0 Å². The SMILES string of the molecule is CC(C)(C)P(=S)([Se]C(c1ccccc1)c1ccccc1)c1ccccc1. The van der Waals surface area contributed by atoms with Gasteiger partial charge in [-0.3, -0.25) is 0 Å². The van der Waals surface area contributed by atoms with Crippen LogP contribution in [0.5, 0.6) is 0 Å². The van der Waals surface area contributed by atoms with Gasteiger partial charge in [-0.1, -0.05) is 0 Å². The van der Waals surface area contributed by atoms with Crippen molar-refractivity contribution in [3.8, 4) is 0 Å². The molecule has 3 aromatic carbocycles. The number of hydrogen-bond donors (Lipinski definition) is 0. The molecule has 0 aliphatic carbocycles. The van der Waals surface area contributed by atoms with Crippen molar-refractivity contribution >= 4 is 36.4 Å². The molecular formula is C23H25PSSe. The summed E-state index contributed by atoms with van der Waals surface area (Å²) in [6, 6.07) is 32.6. The summed E-state index contributed by atoms with van der Waals surface area (Å²) < 4.78 is -1.75. The number of rotatable bonds is 5. The predicted octanol–water partition coefficient (Wildman–Crippen LogP) is 6.00. The van der Waals surface area contributed by atoms with Gasteiger partial charge in [-0.15, -0.1) is 0 Å². The standard InChI is InChI=1S/C23H25PSSe/c1-23(2,3)24(25,21-17-11-6-12-18-21)26-22(19-13-7-4-8-14-19)20-15-9-5-10-16-20/h4-18,22H,1-3H3. The van der Waals surface area contributed by atoms with Gasteiger partial charge < -0.3 is 0 Å². The van der Waals surface area contributed by atoms with Crippen molar-refractivity contribution in [2.45, 2.75) is 30.7 Å². The maximum atomic E-state index is 6.52. The van der Waals surface area contributed by atoms with E-state index in [1.54, 1.807) is 0 Å². The van der Waals surface area contributed by atoms with E-state index in [1.165, 1.54) is 16.4 Å². The molecule has 1 atom stereocenters. The summed E-state index contributed by atoms with van der Waals surface area (Å²) in [5, 5.41) is 1.48. The average Bonchev–Trinajstić information content (AvgIpc) is 2.67. The fourth-order valence-corrected chi connectivity index (χ4v) is 14.6. The summed E-state index contributed by atoms with van der Waals surface area (Å²) >= 11 is 6.79. The van der Waals surface area contributed by atoms with Gasteiger partial charge in [-0.05, 0) is 0 Å². The second-order valence-corrected chi connectivity index (χ2v) is 19.5. The van der Waals surface area contributed by atoms with Gasteiger partial charge in [0.05, 0.1) is 0 Å². The zero-order valence-electron chi connectivity index (χ0n) is 15.5. The van der Waals surface area contributed by atoms with Crippen molar-refractivity contribution in [3.63, 3.8) is 0 Å². The average molecular weight is 443 g/mol. The summed E-state index contributed by atoms with van der Waals surface area (Å²) in [7, 11) is 0. The molecule has 3 heteroatoms. The van der Waals surface area contributed by atoms with Crippen LogP contribution in [0, 0.1) is 0 Å². The maximum absolute atomic E-state index is 6.52. The Bertz CT molecular complexity index is 831. The van der Waals surface area contributed by atoms with Gasteiger partial charge in [-0.2, -0.15) is 0 Å². The number of benzene rings is 3. The van der Waals surface area contributed by atoms with E-state index in [0.29, 0.717) is 4.82 Å². The first-order chi connectivity index (χ1) is 12.4. The second kappa shape index (κ2) is 8.24. The van der Waals surface area contributed by atoms with Crippen LogP contribution in [0.1, 0.15) is 36.7 Å². The Morgan fingerprint density at radius 3 is 1.46 bits per heavy atom. The summed E-state index contributed by atoms with van der Waals surface area (Å²) in [4.78, 5) is 0.384. The van der Waals surface area contributed by atoms with E-state index in [9.17, 15) is 0 Å². The number of hydrogen-bond acceptors (Lipinski definition) is 1. The molecular weight excluding hydrogens is 418 g/mol. The first-order valence-electron chi connectivity index (χ1n) is 8.86. The quantitative estimate of drug-likeness (QED) is 0.344. The summed E-state index contributed by atoms with van der Waals surface area (Å²) in [6.45, 7) is 6.99. The predicted molar refractivity (Wildman–Crippen MR) is 121 cm³/mol. The van der Waals surface area contributed by atoms with Gasteiger partial charge >= 0.3 is 169 Å². The molecule has 134 valence electrons. The Morgan fingerprint density at radius 2 is 1.08 bits per heavy atom. The van der Waals surface area contributed by atoms with E-state index < -0.39 is 4.73 Å². The van der Waals surface area contributed by atoms with Crippen molar-refractivity contribution in [2.75, 3.05) is 0 Å². The molecule has 0 aliphatic rings. The van der Waals surface area contributed by atoms with Crippen molar-refractivity contribution in [2.24, 2.45) is 0 Å². The molecule has 1 unspecified atom stereocenters. The minimum absolute atomic E-state index is 0.103. The fourth-order valence-electron chi connectivity index (χ4n) is 2.95. The van der Waals surface area contributed by atoms with Crippen LogP contribution in [0.2, 0.25) is 0 Å². The molecule has 3 aromatic rings. The first-order valence-corrected chi connectivity index (χ1v) is 14.9. The van der Waals surface area contributed by atoms with Gasteiger partial charge in [-0.25, -0.2) is 0 Å².